The lowest BCUT2D eigenvalue weighted by Gasteiger charge is -2.48. The summed E-state index contributed by atoms with van der Waals surface area (Å²) in [6.07, 6.45) is 9.54. The molecule has 28 heavy (non-hydrogen) atoms. The quantitative estimate of drug-likeness (QED) is 0.811. The second-order valence-corrected chi connectivity index (χ2v) is 9.36. The normalized spacial score (nSPS) is 26.0. The minimum atomic E-state index is -0.325. The Morgan fingerprint density at radius 1 is 1.14 bits per heavy atom. The van der Waals surface area contributed by atoms with Crippen LogP contribution >= 0.6 is 0 Å². The van der Waals surface area contributed by atoms with Crippen molar-refractivity contribution < 1.29 is 9.59 Å². The van der Waals surface area contributed by atoms with Crippen molar-refractivity contribution in [2.24, 2.45) is 5.41 Å². The van der Waals surface area contributed by atoms with Crippen LogP contribution in [-0.4, -0.2) is 64.8 Å². The number of nitrogens with zero attached hydrogens (tertiary/aromatic N) is 3. The predicted molar refractivity (Wildman–Crippen MR) is 107 cm³/mol. The Balaban J connectivity index is 1.51. The molecular formula is C21H33N5O2. The number of likely N-dealkylation sites (tertiary alicyclic amines) is 1. The number of rotatable bonds is 2. The number of imidazole rings is 1. The predicted octanol–water partition coefficient (Wildman–Crippen LogP) is 1.80. The Labute approximate surface area is 167 Å². The van der Waals surface area contributed by atoms with Crippen molar-refractivity contribution in [1.29, 1.82) is 0 Å². The number of amides is 2. The fourth-order valence-corrected chi connectivity index (χ4v) is 5.41. The maximum Gasteiger partial charge on any atom is 0.239 e. The number of piperidine rings is 1. The summed E-state index contributed by atoms with van der Waals surface area (Å²) in [6, 6.07) is -0.249. The first-order valence-electron chi connectivity index (χ1n) is 10.7. The molecule has 1 aromatic rings. The van der Waals surface area contributed by atoms with Crippen LogP contribution in [0.3, 0.4) is 0 Å². The van der Waals surface area contributed by atoms with Crippen molar-refractivity contribution in [2.75, 3.05) is 27.2 Å². The van der Waals surface area contributed by atoms with E-state index in [1.54, 1.807) is 25.3 Å². The number of carbonyl (C=O) groups is 2. The molecule has 2 amide bonds. The van der Waals surface area contributed by atoms with Gasteiger partial charge in [0.05, 0.1) is 23.6 Å². The number of nitrogens with one attached hydrogen (secondary N) is 2. The average molecular weight is 388 g/mol. The molecular weight excluding hydrogens is 354 g/mol. The molecule has 7 nitrogen and oxygen atoms in total. The zero-order valence-electron chi connectivity index (χ0n) is 17.4. The topological polar surface area (TPSA) is 81.3 Å². The monoisotopic (exact) mass is 387 g/mol. The molecule has 7 heteroatoms. The lowest BCUT2D eigenvalue weighted by Crippen LogP contribution is -2.62. The summed E-state index contributed by atoms with van der Waals surface area (Å²) in [6.45, 7) is 3.59. The van der Waals surface area contributed by atoms with E-state index in [1.165, 1.54) is 6.42 Å². The second kappa shape index (κ2) is 7.17. The summed E-state index contributed by atoms with van der Waals surface area (Å²) in [5.74, 6) is 0.411. The van der Waals surface area contributed by atoms with E-state index >= 15 is 0 Å². The van der Waals surface area contributed by atoms with E-state index in [1.807, 2.05) is 0 Å². The molecule has 4 rings (SSSR count). The Morgan fingerprint density at radius 3 is 2.46 bits per heavy atom. The highest BCUT2D eigenvalue weighted by Gasteiger charge is 2.48. The first-order chi connectivity index (χ1) is 13.3. The zero-order chi connectivity index (χ0) is 19.9. The molecule has 1 aliphatic carbocycles. The van der Waals surface area contributed by atoms with Gasteiger partial charge in [-0.3, -0.25) is 14.9 Å². The second-order valence-electron chi connectivity index (χ2n) is 9.36. The number of aromatic nitrogens is 2. The van der Waals surface area contributed by atoms with Gasteiger partial charge in [-0.2, -0.15) is 0 Å². The van der Waals surface area contributed by atoms with Crippen LogP contribution in [0, 0.1) is 5.41 Å². The number of likely N-dealkylation sites (N-methyl/N-ethyl adjacent to an activating group) is 1. The summed E-state index contributed by atoms with van der Waals surface area (Å²) in [5.41, 5.74) is 1.57. The molecule has 1 unspecified atom stereocenters. The molecule has 0 radical (unpaired) electrons. The van der Waals surface area contributed by atoms with Gasteiger partial charge in [-0.1, -0.05) is 26.2 Å². The minimum Gasteiger partial charge on any atom is -0.348 e. The fraction of sp³-hybridized carbons (Fsp3) is 0.762. The first-order valence-corrected chi connectivity index (χ1v) is 10.7. The Bertz CT molecular complexity index is 742. The van der Waals surface area contributed by atoms with E-state index in [4.69, 9.17) is 0 Å². The molecule has 2 N–H and O–H groups in total. The van der Waals surface area contributed by atoms with E-state index < -0.39 is 0 Å². The lowest BCUT2D eigenvalue weighted by molar-refractivity contribution is -0.145. The summed E-state index contributed by atoms with van der Waals surface area (Å²) in [5, 5.41) is 3.63. The molecule has 3 aliphatic rings. The molecule has 1 saturated heterocycles. The van der Waals surface area contributed by atoms with E-state index in [0.29, 0.717) is 12.3 Å². The summed E-state index contributed by atoms with van der Waals surface area (Å²) in [4.78, 5) is 37.4. The number of aromatic amines is 1. The third-order valence-corrected chi connectivity index (χ3v) is 7.15. The van der Waals surface area contributed by atoms with Gasteiger partial charge in [-0.15, -0.1) is 0 Å². The van der Waals surface area contributed by atoms with Crippen molar-refractivity contribution in [3.05, 3.63) is 17.7 Å². The van der Waals surface area contributed by atoms with Gasteiger partial charge >= 0.3 is 0 Å². The van der Waals surface area contributed by atoms with Gasteiger partial charge in [0.25, 0.3) is 0 Å². The van der Waals surface area contributed by atoms with Crippen LogP contribution in [-0.2, 0) is 21.5 Å². The third-order valence-electron chi connectivity index (χ3n) is 7.15. The SMILES string of the molecule is CN(C)C(=O)C1Cc2[nH]cnc2C2(CCN(C(=O)C3(C)CCCCC3)CC2)N1. The highest BCUT2D eigenvalue weighted by molar-refractivity contribution is 5.83. The number of carbonyl (C=O) groups excluding carboxylic acids is 2. The van der Waals surface area contributed by atoms with Gasteiger partial charge < -0.3 is 14.8 Å². The van der Waals surface area contributed by atoms with Crippen LogP contribution in [0.4, 0.5) is 0 Å². The fourth-order valence-electron chi connectivity index (χ4n) is 5.41. The first kappa shape index (κ1) is 19.4. The van der Waals surface area contributed by atoms with E-state index in [-0.39, 0.29) is 22.9 Å². The number of H-pyrrole nitrogens is 1. The van der Waals surface area contributed by atoms with Crippen LogP contribution in [0.15, 0.2) is 6.33 Å². The molecule has 1 aromatic heterocycles. The van der Waals surface area contributed by atoms with Gasteiger partial charge in [0, 0.05) is 44.7 Å². The molecule has 1 saturated carbocycles. The van der Waals surface area contributed by atoms with Gasteiger partial charge in [-0.05, 0) is 25.7 Å². The van der Waals surface area contributed by atoms with Crippen LogP contribution in [0.25, 0.3) is 0 Å². The van der Waals surface area contributed by atoms with Crippen LogP contribution < -0.4 is 5.32 Å². The Kier molecular flexibility index (Phi) is 4.98. The summed E-state index contributed by atoms with van der Waals surface area (Å²) >= 11 is 0. The molecule has 1 atom stereocenters. The number of hydrogen-bond donors (Lipinski definition) is 2. The minimum absolute atomic E-state index is 0.0906. The largest absolute Gasteiger partial charge is 0.348 e. The molecule has 154 valence electrons. The standard InChI is InChI=1S/C21H33N5O2/c1-20(7-5-4-6-8-20)19(28)26-11-9-21(10-12-26)17-15(22-14-23-17)13-16(24-21)18(27)25(2)3/h14,16,24H,4-13H2,1-3H3,(H,22,23). The molecule has 2 aliphatic heterocycles. The van der Waals surface area contributed by atoms with Crippen molar-refractivity contribution >= 4 is 11.8 Å². The maximum absolute atomic E-state index is 13.2. The smallest absolute Gasteiger partial charge is 0.239 e. The molecule has 0 aromatic carbocycles. The van der Waals surface area contributed by atoms with Gasteiger partial charge in [0.15, 0.2) is 0 Å². The van der Waals surface area contributed by atoms with Crippen LogP contribution in [0.1, 0.15) is 63.3 Å². The van der Waals surface area contributed by atoms with Crippen molar-refractivity contribution in [1.82, 2.24) is 25.1 Å². The zero-order valence-corrected chi connectivity index (χ0v) is 17.4. The highest BCUT2D eigenvalue weighted by atomic mass is 16.2. The van der Waals surface area contributed by atoms with E-state index in [2.05, 4.69) is 27.1 Å². The maximum atomic E-state index is 13.2. The summed E-state index contributed by atoms with van der Waals surface area (Å²) < 4.78 is 0. The van der Waals surface area contributed by atoms with E-state index in [0.717, 1.165) is 63.0 Å². The Hall–Kier alpha value is -1.89. The van der Waals surface area contributed by atoms with Crippen LogP contribution in [0.5, 0.6) is 0 Å². The van der Waals surface area contributed by atoms with Crippen LogP contribution in [0.2, 0.25) is 0 Å². The van der Waals surface area contributed by atoms with Crippen molar-refractivity contribution in [2.45, 2.75) is 69.9 Å². The lowest BCUT2D eigenvalue weighted by atomic mass is 9.73. The van der Waals surface area contributed by atoms with Gasteiger partial charge in [0.2, 0.25) is 11.8 Å². The molecule has 2 fully saturated rings. The number of fused-ring (bicyclic) bond motifs is 2. The summed E-state index contributed by atoms with van der Waals surface area (Å²) in [7, 11) is 3.59. The van der Waals surface area contributed by atoms with Crippen molar-refractivity contribution in [3.8, 4) is 0 Å². The average Bonchev–Trinajstić information content (AvgIpc) is 3.17. The molecule has 1 spiro atoms. The molecule has 3 heterocycles. The van der Waals surface area contributed by atoms with Crippen molar-refractivity contribution in [3.63, 3.8) is 0 Å². The third kappa shape index (κ3) is 3.23. The highest BCUT2D eigenvalue weighted by Crippen LogP contribution is 2.41. The number of hydrogen-bond acceptors (Lipinski definition) is 4. The van der Waals surface area contributed by atoms with Gasteiger partial charge in [-0.25, -0.2) is 4.98 Å². The Morgan fingerprint density at radius 2 is 1.82 bits per heavy atom. The van der Waals surface area contributed by atoms with Gasteiger partial charge in [0.1, 0.15) is 0 Å². The van der Waals surface area contributed by atoms with E-state index in [9.17, 15) is 9.59 Å². The molecule has 0 bridgehead atoms.